The molecule has 0 aliphatic rings. The molecule has 0 N–H and O–H groups in total. The first-order chi connectivity index (χ1) is 11.8. The van der Waals surface area contributed by atoms with Crippen LogP contribution in [0.4, 0.5) is 0 Å². The third-order valence-electron chi connectivity index (χ3n) is 4.28. The number of rotatable bonds is 4. The van der Waals surface area contributed by atoms with Crippen molar-refractivity contribution >= 4 is 34.5 Å². The van der Waals surface area contributed by atoms with Crippen LogP contribution >= 0.6 is 0 Å². The Labute approximate surface area is 139 Å². The Bertz CT molecular complexity index is 1040. The second kappa shape index (κ2) is 5.93. The summed E-state index contributed by atoms with van der Waals surface area (Å²) in [6.07, 6.45) is 1.81. The zero-order chi connectivity index (χ0) is 16.5. The molecule has 0 bridgehead atoms. The van der Waals surface area contributed by atoms with E-state index in [0.717, 1.165) is 40.4 Å². The number of fused-ring (bicyclic) bond motifs is 3. The number of aromatic nitrogens is 2. The molecule has 0 saturated heterocycles. The summed E-state index contributed by atoms with van der Waals surface area (Å²) < 4.78 is 18.4. The molecule has 116 valence electrons. The van der Waals surface area contributed by atoms with E-state index in [1.165, 1.54) is 0 Å². The zero-order valence-electron chi connectivity index (χ0n) is 13.3. The van der Waals surface area contributed by atoms with Gasteiger partial charge in [0.15, 0.2) is 0 Å². The van der Waals surface area contributed by atoms with Crippen LogP contribution < -0.4 is 10.2 Å². The SMILES string of the molecule is COc1ccc2c3cccnc3n(Cc3ccc(B=O)cc3)c2c1. The first-order valence-electron chi connectivity index (χ1n) is 7.75. The number of hydrogen-bond acceptors (Lipinski definition) is 3. The van der Waals surface area contributed by atoms with Crippen LogP contribution in [0.5, 0.6) is 5.75 Å². The quantitative estimate of drug-likeness (QED) is 0.544. The monoisotopic (exact) mass is 314 g/mol. The number of hydrogen-bond donors (Lipinski definition) is 0. The van der Waals surface area contributed by atoms with Crippen molar-refractivity contribution in [2.45, 2.75) is 6.54 Å². The first kappa shape index (κ1) is 14.6. The van der Waals surface area contributed by atoms with Crippen molar-refractivity contribution in [2.24, 2.45) is 0 Å². The fourth-order valence-electron chi connectivity index (χ4n) is 3.07. The molecular weight excluding hydrogens is 299 g/mol. The van der Waals surface area contributed by atoms with Crippen LogP contribution in [-0.2, 0) is 11.2 Å². The zero-order valence-corrected chi connectivity index (χ0v) is 13.3. The third-order valence-corrected chi connectivity index (χ3v) is 4.28. The molecule has 2 aromatic carbocycles. The van der Waals surface area contributed by atoms with Crippen LogP contribution in [0, 0.1) is 0 Å². The maximum absolute atomic E-state index is 10.8. The van der Waals surface area contributed by atoms with Crippen LogP contribution in [0.3, 0.4) is 0 Å². The van der Waals surface area contributed by atoms with E-state index >= 15 is 0 Å². The molecule has 0 fully saturated rings. The molecule has 4 rings (SSSR count). The van der Waals surface area contributed by atoms with Gasteiger partial charge in [-0.2, -0.15) is 0 Å². The second-order valence-electron chi connectivity index (χ2n) is 5.70. The fourth-order valence-corrected chi connectivity index (χ4v) is 3.07. The third kappa shape index (κ3) is 2.38. The van der Waals surface area contributed by atoms with Crippen LogP contribution in [-0.4, -0.2) is 23.8 Å². The van der Waals surface area contributed by atoms with Crippen LogP contribution in [0.25, 0.3) is 21.9 Å². The normalized spacial score (nSPS) is 10.9. The molecule has 4 nitrogen and oxygen atoms in total. The molecule has 0 atom stereocenters. The summed E-state index contributed by atoms with van der Waals surface area (Å²) in [4.78, 5) is 4.57. The Morgan fingerprint density at radius 3 is 2.67 bits per heavy atom. The number of methoxy groups -OCH3 is 1. The molecule has 0 amide bonds. The van der Waals surface area contributed by atoms with Crippen molar-refractivity contribution in [2.75, 3.05) is 7.11 Å². The van der Waals surface area contributed by atoms with E-state index in [4.69, 9.17) is 4.74 Å². The van der Waals surface area contributed by atoms with Gasteiger partial charge in [-0.3, -0.25) is 0 Å². The summed E-state index contributed by atoms with van der Waals surface area (Å²) in [6, 6.07) is 17.8. The predicted molar refractivity (Wildman–Crippen MR) is 95.4 cm³/mol. The van der Waals surface area contributed by atoms with Gasteiger partial charge in [-0.25, -0.2) is 0 Å². The molecule has 4 aromatic rings. The number of benzene rings is 2. The van der Waals surface area contributed by atoms with Crippen molar-refractivity contribution < 1.29 is 9.44 Å². The molecule has 2 aromatic heterocycles. The van der Waals surface area contributed by atoms with Gasteiger partial charge in [0.1, 0.15) is 0 Å². The predicted octanol–water partition coefficient (Wildman–Crippen LogP) is 2.92. The van der Waals surface area contributed by atoms with Gasteiger partial charge in [-0.15, -0.1) is 0 Å². The number of ether oxygens (including phenoxy) is 1. The molecule has 0 aliphatic heterocycles. The van der Waals surface area contributed by atoms with Gasteiger partial charge in [0.25, 0.3) is 0 Å². The maximum atomic E-state index is 10.8. The van der Waals surface area contributed by atoms with E-state index in [-0.39, 0.29) is 0 Å². The topological polar surface area (TPSA) is 44.1 Å². The Kier molecular flexibility index (Phi) is 3.61. The van der Waals surface area contributed by atoms with E-state index in [9.17, 15) is 4.70 Å². The summed E-state index contributed by atoms with van der Waals surface area (Å²) in [5.74, 6) is 0.822. The Morgan fingerprint density at radius 2 is 1.92 bits per heavy atom. The Balaban J connectivity index is 1.91. The van der Waals surface area contributed by atoms with Crippen LogP contribution in [0.1, 0.15) is 5.56 Å². The summed E-state index contributed by atoms with van der Waals surface area (Å²) in [7, 11) is 2.53. The van der Waals surface area contributed by atoms with Crippen molar-refractivity contribution in [1.82, 2.24) is 9.55 Å². The number of nitrogens with zero attached hydrogens (tertiary/aromatic N) is 2. The van der Waals surface area contributed by atoms with Gasteiger partial charge in [0, 0.05) is 0 Å². The van der Waals surface area contributed by atoms with Gasteiger partial charge in [0.2, 0.25) is 0 Å². The standard InChI is InChI=1S/C19H15BN2O2/c1-24-15-8-9-16-17-3-2-10-21-19(17)22(18(16)11-15)12-13-4-6-14(20-23)7-5-13/h2-11H,12H2,1H3. The van der Waals surface area contributed by atoms with Crippen LogP contribution in [0.15, 0.2) is 60.8 Å². The summed E-state index contributed by atoms with van der Waals surface area (Å²) in [6.45, 7) is 0.684. The molecule has 2 heterocycles. The molecule has 0 aliphatic carbocycles. The van der Waals surface area contributed by atoms with E-state index < -0.39 is 0 Å². The van der Waals surface area contributed by atoms with Gasteiger partial charge in [-0.1, -0.05) is 0 Å². The first-order valence-corrected chi connectivity index (χ1v) is 7.75. The van der Waals surface area contributed by atoms with Crippen molar-refractivity contribution in [3.05, 3.63) is 66.4 Å². The van der Waals surface area contributed by atoms with Crippen molar-refractivity contribution in [3.8, 4) is 5.75 Å². The van der Waals surface area contributed by atoms with Gasteiger partial charge in [-0.05, 0) is 0 Å². The summed E-state index contributed by atoms with van der Waals surface area (Å²) in [5.41, 5.74) is 3.83. The molecule has 0 spiro atoms. The molecule has 24 heavy (non-hydrogen) atoms. The molecule has 0 saturated carbocycles. The minimum absolute atomic E-state index is 0.681. The minimum atomic E-state index is 0.681. The summed E-state index contributed by atoms with van der Waals surface area (Å²) in [5, 5.41) is 2.28. The average molecular weight is 314 g/mol. The molecular formula is C19H15BN2O2. The number of pyridine rings is 1. The van der Waals surface area contributed by atoms with Gasteiger partial charge in [0.05, 0.1) is 0 Å². The van der Waals surface area contributed by atoms with E-state index in [0.29, 0.717) is 12.0 Å². The van der Waals surface area contributed by atoms with Crippen molar-refractivity contribution in [1.29, 1.82) is 0 Å². The van der Waals surface area contributed by atoms with Crippen LogP contribution in [0.2, 0.25) is 0 Å². The van der Waals surface area contributed by atoms with Gasteiger partial charge < -0.3 is 0 Å². The van der Waals surface area contributed by atoms with Crippen molar-refractivity contribution in [3.63, 3.8) is 0 Å². The Morgan fingerprint density at radius 1 is 1.08 bits per heavy atom. The molecule has 0 unspecified atom stereocenters. The fraction of sp³-hybridized carbons (Fsp3) is 0.105. The molecule has 5 heteroatoms. The van der Waals surface area contributed by atoms with E-state index in [2.05, 4.69) is 21.7 Å². The molecule has 0 radical (unpaired) electrons. The summed E-state index contributed by atoms with van der Waals surface area (Å²) >= 11 is 0. The Hall–Kier alpha value is -2.95. The second-order valence-corrected chi connectivity index (χ2v) is 5.70. The van der Waals surface area contributed by atoms with E-state index in [1.54, 1.807) is 7.11 Å². The average Bonchev–Trinajstić information content (AvgIpc) is 2.96. The van der Waals surface area contributed by atoms with Gasteiger partial charge >= 0.3 is 139 Å². The van der Waals surface area contributed by atoms with E-state index in [1.807, 2.05) is 48.7 Å².